The van der Waals surface area contributed by atoms with E-state index in [1.54, 1.807) is 0 Å². The van der Waals surface area contributed by atoms with E-state index in [1.165, 1.54) is 89.9 Å². The standard InChI is InChI=1S/C52H32N2S2/c1-2-12-35(13-3-1)50-44-16-6-8-18-46(44)54-47-19-10-17-42(51(47)56-52(50)54)34-23-25-37(26-24-34)53(39-28-30-49-45(32-39)43-15-7-9-20-48(43)55-49)38-27-29-41-36(31-38)22-21-33-11-4-5-14-40(33)41/h1-32H. The second-order valence-electron chi connectivity index (χ2n) is 14.5. The Morgan fingerprint density at radius 1 is 0.375 bits per heavy atom. The topological polar surface area (TPSA) is 7.65 Å². The summed E-state index contributed by atoms with van der Waals surface area (Å²) in [6, 6.07) is 71.3. The lowest BCUT2D eigenvalue weighted by Gasteiger charge is -2.26. The first-order valence-electron chi connectivity index (χ1n) is 19.0. The van der Waals surface area contributed by atoms with Crippen molar-refractivity contribution in [2.75, 3.05) is 4.90 Å². The maximum Gasteiger partial charge on any atom is 0.109 e. The molecule has 0 unspecified atom stereocenters. The second kappa shape index (κ2) is 12.4. The van der Waals surface area contributed by atoms with Crippen LogP contribution in [0.3, 0.4) is 0 Å². The molecule has 12 aromatic rings. The summed E-state index contributed by atoms with van der Waals surface area (Å²) in [5.41, 5.74) is 10.9. The van der Waals surface area contributed by atoms with E-state index in [2.05, 4.69) is 203 Å². The molecule has 0 bridgehead atoms. The molecule has 0 saturated heterocycles. The average Bonchev–Trinajstić information content (AvgIpc) is 3.93. The van der Waals surface area contributed by atoms with Crippen LogP contribution >= 0.6 is 22.7 Å². The van der Waals surface area contributed by atoms with Gasteiger partial charge in [-0.1, -0.05) is 133 Å². The summed E-state index contributed by atoms with van der Waals surface area (Å²) in [5, 5.41) is 8.93. The fourth-order valence-electron chi connectivity index (χ4n) is 8.80. The number of fused-ring (bicyclic) bond motifs is 11. The highest BCUT2D eigenvalue weighted by Crippen LogP contribution is 2.46. The molecule has 2 nitrogen and oxygen atoms in total. The molecule has 0 saturated carbocycles. The first-order chi connectivity index (χ1) is 27.8. The lowest BCUT2D eigenvalue weighted by atomic mass is 10.0. The van der Waals surface area contributed by atoms with Gasteiger partial charge in [0.05, 0.1) is 15.7 Å². The average molecular weight is 749 g/mol. The van der Waals surface area contributed by atoms with E-state index in [0.29, 0.717) is 0 Å². The Bertz CT molecular complexity index is 3480. The number of hydrogen-bond acceptors (Lipinski definition) is 3. The number of aromatic nitrogens is 1. The van der Waals surface area contributed by atoms with Crippen molar-refractivity contribution in [1.82, 2.24) is 4.40 Å². The zero-order valence-electron chi connectivity index (χ0n) is 30.2. The molecule has 262 valence electrons. The summed E-state index contributed by atoms with van der Waals surface area (Å²) in [6.07, 6.45) is 0. The number of hydrogen-bond donors (Lipinski definition) is 0. The molecule has 4 heteroatoms. The number of benzene rings is 9. The van der Waals surface area contributed by atoms with Crippen molar-refractivity contribution < 1.29 is 0 Å². The largest absolute Gasteiger partial charge is 0.310 e. The van der Waals surface area contributed by atoms with Crippen LogP contribution in [-0.2, 0) is 0 Å². The van der Waals surface area contributed by atoms with E-state index < -0.39 is 0 Å². The van der Waals surface area contributed by atoms with Gasteiger partial charge in [-0.2, -0.15) is 0 Å². The summed E-state index contributed by atoms with van der Waals surface area (Å²) in [5.74, 6) is 0. The zero-order chi connectivity index (χ0) is 36.7. The van der Waals surface area contributed by atoms with Crippen molar-refractivity contribution in [3.05, 3.63) is 194 Å². The normalized spacial score (nSPS) is 11.9. The van der Waals surface area contributed by atoms with Crippen LogP contribution in [-0.4, -0.2) is 4.40 Å². The summed E-state index contributed by atoms with van der Waals surface area (Å²) in [7, 11) is 0. The number of thiazole rings is 1. The van der Waals surface area contributed by atoms with Gasteiger partial charge in [-0.25, -0.2) is 0 Å². The fraction of sp³-hybridized carbons (Fsp3) is 0. The molecule has 0 atom stereocenters. The van der Waals surface area contributed by atoms with Crippen molar-refractivity contribution in [2.24, 2.45) is 0 Å². The molecule has 9 aromatic carbocycles. The van der Waals surface area contributed by atoms with E-state index in [1.807, 2.05) is 22.7 Å². The molecule has 0 aliphatic rings. The van der Waals surface area contributed by atoms with Crippen LogP contribution in [0.2, 0.25) is 0 Å². The van der Waals surface area contributed by atoms with Gasteiger partial charge in [-0.15, -0.1) is 22.7 Å². The van der Waals surface area contributed by atoms with E-state index in [9.17, 15) is 0 Å². The first kappa shape index (κ1) is 31.6. The molecule has 0 aliphatic heterocycles. The number of rotatable bonds is 5. The van der Waals surface area contributed by atoms with Crippen molar-refractivity contribution in [2.45, 2.75) is 0 Å². The molecule has 3 heterocycles. The third-order valence-electron chi connectivity index (χ3n) is 11.4. The highest BCUT2D eigenvalue weighted by atomic mass is 32.1. The Labute approximate surface area is 331 Å². The van der Waals surface area contributed by atoms with Gasteiger partial charge in [-0.05, 0) is 93.3 Å². The van der Waals surface area contributed by atoms with Crippen molar-refractivity contribution in [3.8, 4) is 22.3 Å². The predicted molar refractivity (Wildman–Crippen MR) is 244 cm³/mol. The first-order valence-corrected chi connectivity index (χ1v) is 20.6. The minimum atomic E-state index is 1.12. The van der Waals surface area contributed by atoms with E-state index >= 15 is 0 Å². The fourth-order valence-corrected chi connectivity index (χ4v) is 11.3. The molecule has 0 spiro atoms. The third-order valence-corrected chi connectivity index (χ3v) is 13.7. The molecule has 0 N–H and O–H groups in total. The SMILES string of the molecule is c1ccc(-c2c3ccccc3n3c2sc2c(-c4ccc(N(c5ccc6c(ccc7ccccc76)c5)c5ccc6sc7ccccc7c6c5)cc4)cccc23)cc1. The van der Waals surface area contributed by atoms with Gasteiger partial charge in [0, 0.05) is 53.7 Å². The molecule has 0 amide bonds. The van der Waals surface area contributed by atoms with Crippen molar-refractivity contribution in [1.29, 1.82) is 0 Å². The van der Waals surface area contributed by atoms with Gasteiger partial charge in [0.2, 0.25) is 0 Å². The second-order valence-corrected chi connectivity index (χ2v) is 16.6. The smallest absolute Gasteiger partial charge is 0.109 e. The number of para-hydroxylation sites is 1. The van der Waals surface area contributed by atoms with Gasteiger partial charge in [-0.3, -0.25) is 4.40 Å². The predicted octanol–water partition coefficient (Wildman–Crippen LogP) is 15.8. The Balaban J connectivity index is 1.02. The van der Waals surface area contributed by atoms with Gasteiger partial charge in [0.25, 0.3) is 0 Å². The van der Waals surface area contributed by atoms with Crippen LogP contribution < -0.4 is 4.90 Å². The van der Waals surface area contributed by atoms with Crippen LogP contribution in [0.4, 0.5) is 17.1 Å². The number of thiophene rings is 1. The van der Waals surface area contributed by atoms with Crippen molar-refractivity contribution in [3.63, 3.8) is 0 Å². The van der Waals surface area contributed by atoms with Gasteiger partial charge >= 0.3 is 0 Å². The van der Waals surface area contributed by atoms with Gasteiger partial charge in [0.1, 0.15) is 4.83 Å². The van der Waals surface area contributed by atoms with Crippen molar-refractivity contribution >= 4 is 107 Å². The molecular formula is C52H32N2S2. The molecule has 56 heavy (non-hydrogen) atoms. The summed E-state index contributed by atoms with van der Waals surface area (Å²) < 4.78 is 6.38. The van der Waals surface area contributed by atoms with Crippen LogP contribution in [0.5, 0.6) is 0 Å². The monoisotopic (exact) mass is 748 g/mol. The lowest BCUT2D eigenvalue weighted by molar-refractivity contribution is 1.30. The molecule has 0 fully saturated rings. The van der Waals surface area contributed by atoms with E-state index in [-0.39, 0.29) is 0 Å². The molecular weight excluding hydrogens is 717 g/mol. The van der Waals surface area contributed by atoms with Gasteiger partial charge < -0.3 is 4.90 Å². The zero-order valence-corrected chi connectivity index (χ0v) is 31.8. The maximum absolute atomic E-state index is 2.46. The summed E-state index contributed by atoms with van der Waals surface area (Å²) >= 11 is 3.75. The highest BCUT2D eigenvalue weighted by Gasteiger charge is 2.21. The number of nitrogens with zero attached hydrogens (tertiary/aromatic N) is 2. The van der Waals surface area contributed by atoms with Crippen LogP contribution in [0.25, 0.3) is 89.9 Å². The molecule has 3 aromatic heterocycles. The van der Waals surface area contributed by atoms with E-state index in [4.69, 9.17) is 0 Å². The van der Waals surface area contributed by atoms with Crippen LogP contribution in [0.1, 0.15) is 0 Å². The Morgan fingerprint density at radius 3 is 1.93 bits per heavy atom. The minimum Gasteiger partial charge on any atom is -0.310 e. The summed E-state index contributed by atoms with van der Waals surface area (Å²) in [6.45, 7) is 0. The van der Waals surface area contributed by atoms with E-state index in [0.717, 1.165) is 17.1 Å². The van der Waals surface area contributed by atoms with Crippen LogP contribution in [0, 0.1) is 0 Å². The number of anilines is 3. The Morgan fingerprint density at radius 2 is 1.04 bits per heavy atom. The molecule has 0 radical (unpaired) electrons. The molecule has 12 rings (SSSR count). The third kappa shape index (κ3) is 4.80. The summed E-state index contributed by atoms with van der Waals surface area (Å²) in [4.78, 5) is 3.70. The van der Waals surface area contributed by atoms with Gasteiger partial charge in [0.15, 0.2) is 0 Å². The molecule has 0 aliphatic carbocycles. The lowest BCUT2D eigenvalue weighted by Crippen LogP contribution is -2.09. The highest BCUT2D eigenvalue weighted by molar-refractivity contribution is 7.26. The quantitative estimate of drug-likeness (QED) is 0.159. The Kier molecular flexibility index (Phi) is 7.00. The maximum atomic E-state index is 2.46. The van der Waals surface area contributed by atoms with Crippen LogP contribution in [0.15, 0.2) is 194 Å². The minimum absolute atomic E-state index is 1.12. The Hall–Kier alpha value is -6.72.